The molecule has 1 aliphatic rings. The van der Waals surface area contributed by atoms with Crippen molar-refractivity contribution in [1.29, 1.82) is 0 Å². The summed E-state index contributed by atoms with van der Waals surface area (Å²) in [5.41, 5.74) is 1.16. The minimum atomic E-state index is 0.488. The fourth-order valence-electron chi connectivity index (χ4n) is 2.74. The van der Waals surface area contributed by atoms with Crippen molar-refractivity contribution >= 4 is 10.8 Å². The Morgan fingerprint density at radius 3 is 2.68 bits per heavy atom. The molecule has 1 aromatic heterocycles. The van der Waals surface area contributed by atoms with E-state index in [1.807, 2.05) is 24.4 Å². The molecule has 100 valence electrons. The quantitative estimate of drug-likeness (QED) is 0.917. The maximum Gasteiger partial charge on any atom is 0.161 e. The minimum absolute atomic E-state index is 0.488. The number of nitrogens with one attached hydrogen (secondary N) is 1. The summed E-state index contributed by atoms with van der Waals surface area (Å²) in [6.07, 6.45) is 3.02. The number of ether oxygens (including phenoxy) is 2. The van der Waals surface area contributed by atoms with E-state index in [-0.39, 0.29) is 0 Å². The van der Waals surface area contributed by atoms with Crippen LogP contribution in [-0.2, 0) is 0 Å². The molecule has 2 aromatic rings. The van der Waals surface area contributed by atoms with Crippen LogP contribution >= 0.6 is 0 Å². The maximum atomic E-state index is 5.39. The van der Waals surface area contributed by atoms with E-state index in [2.05, 4.69) is 10.3 Å². The Balaban J connectivity index is 2.17. The van der Waals surface area contributed by atoms with E-state index in [4.69, 9.17) is 9.47 Å². The smallest absolute Gasteiger partial charge is 0.161 e. The third-order valence-corrected chi connectivity index (χ3v) is 3.75. The number of benzene rings is 1. The van der Waals surface area contributed by atoms with Gasteiger partial charge in [-0.3, -0.25) is 4.98 Å². The average Bonchev–Trinajstić information content (AvgIpc) is 2.99. The first kappa shape index (κ1) is 12.2. The van der Waals surface area contributed by atoms with Crippen molar-refractivity contribution in [3.8, 4) is 11.5 Å². The first-order valence-corrected chi connectivity index (χ1v) is 6.55. The van der Waals surface area contributed by atoms with Crippen molar-refractivity contribution in [2.45, 2.75) is 12.3 Å². The lowest BCUT2D eigenvalue weighted by Gasteiger charge is -2.14. The lowest BCUT2D eigenvalue weighted by atomic mass is 9.98. The van der Waals surface area contributed by atoms with Crippen LogP contribution < -0.4 is 14.8 Å². The highest BCUT2D eigenvalue weighted by atomic mass is 16.5. The fourth-order valence-corrected chi connectivity index (χ4v) is 2.74. The molecule has 1 saturated heterocycles. The molecule has 19 heavy (non-hydrogen) atoms. The number of hydrogen-bond acceptors (Lipinski definition) is 4. The molecule has 0 bridgehead atoms. The van der Waals surface area contributed by atoms with Gasteiger partial charge in [0.2, 0.25) is 0 Å². The van der Waals surface area contributed by atoms with Gasteiger partial charge < -0.3 is 14.8 Å². The molecule has 0 saturated carbocycles. The predicted octanol–water partition coefficient (Wildman–Crippen LogP) is 2.33. The fraction of sp³-hybridized carbons (Fsp3) is 0.400. The van der Waals surface area contributed by atoms with Crippen LogP contribution in [0.25, 0.3) is 10.8 Å². The number of nitrogens with zero attached hydrogens (tertiary/aromatic N) is 1. The number of pyridine rings is 1. The summed E-state index contributed by atoms with van der Waals surface area (Å²) in [7, 11) is 3.32. The molecular formula is C15H18N2O2. The second kappa shape index (κ2) is 5.05. The molecule has 1 atom stereocenters. The van der Waals surface area contributed by atoms with Gasteiger partial charge in [0.25, 0.3) is 0 Å². The molecule has 4 heteroatoms. The molecule has 3 rings (SSSR count). The summed E-state index contributed by atoms with van der Waals surface area (Å²) >= 11 is 0. The van der Waals surface area contributed by atoms with Crippen molar-refractivity contribution in [3.63, 3.8) is 0 Å². The van der Waals surface area contributed by atoms with Gasteiger partial charge in [0.15, 0.2) is 11.5 Å². The van der Waals surface area contributed by atoms with E-state index in [0.29, 0.717) is 5.92 Å². The summed E-state index contributed by atoms with van der Waals surface area (Å²) in [4.78, 5) is 4.58. The highest BCUT2D eigenvalue weighted by molar-refractivity contribution is 5.88. The van der Waals surface area contributed by atoms with E-state index in [1.165, 1.54) is 0 Å². The number of methoxy groups -OCH3 is 2. The zero-order valence-electron chi connectivity index (χ0n) is 11.3. The molecule has 4 nitrogen and oxygen atoms in total. The van der Waals surface area contributed by atoms with E-state index < -0.39 is 0 Å². The number of rotatable bonds is 3. The van der Waals surface area contributed by atoms with Crippen LogP contribution in [0.2, 0.25) is 0 Å². The van der Waals surface area contributed by atoms with Crippen LogP contribution in [0.4, 0.5) is 0 Å². The molecule has 0 radical (unpaired) electrons. The Hall–Kier alpha value is -1.81. The third-order valence-electron chi connectivity index (χ3n) is 3.75. The lowest BCUT2D eigenvalue weighted by molar-refractivity contribution is 0.356. The van der Waals surface area contributed by atoms with Crippen molar-refractivity contribution in [3.05, 3.63) is 30.1 Å². The second-order valence-corrected chi connectivity index (χ2v) is 4.81. The molecule has 1 fully saturated rings. The molecule has 1 aliphatic heterocycles. The number of aromatic nitrogens is 1. The topological polar surface area (TPSA) is 43.4 Å². The van der Waals surface area contributed by atoms with Gasteiger partial charge in [-0.15, -0.1) is 0 Å². The van der Waals surface area contributed by atoms with E-state index in [9.17, 15) is 0 Å². The molecule has 1 unspecified atom stereocenters. The van der Waals surface area contributed by atoms with Crippen LogP contribution in [-0.4, -0.2) is 32.3 Å². The average molecular weight is 258 g/mol. The molecule has 1 aromatic carbocycles. The van der Waals surface area contributed by atoms with Gasteiger partial charge in [-0.25, -0.2) is 0 Å². The van der Waals surface area contributed by atoms with E-state index >= 15 is 0 Å². The normalized spacial score (nSPS) is 18.7. The zero-order chi connectivity index (χ0) is 13.2. The molecule has 0 amide bonds. The van der Waals surface area contributed by atoms with Crippen molar-refractivity contribution < 1.29 is 9.47 Å². The standard InChI is InChI=1S/C15H18N2O2/c1-18-13-7-10-4-6-17-15(11-3-5-16-9-11)12(10)8-14(13)19-2/h4,6-8,11,16H,3,5,9H2,1-2H3. The van der Waals surface area contributed by atoms with Crippen molar-refractivity contribution in [2.24, 2.45) is 0 Å². The van der Waals surface area contributed by atoms with Crippen LogP contribution in [0.1, 0.15) is 18.0 Å². The molecule has 0 spiro atoms. The molecular weight excluding hydrogens is 240 g/mol. The number of fused-ring (bicyclic) bond motifs is 1. The summed E-state index contributed by atoms with van der Waals surface area (Å²) < 4.78 is 10.7. The minimum Gasteiger partial charge on any atom is -0.493 e. The summed E-state index contributed by atoms with van der Waals surface area (Å²) in [5, 5.41) is 5.70. The van der Waals surface area contributed by atoms with Crippen LogP contribution in [0, 0.1) is 0 Å². The predicted molar refractivity (Wildman–Crippen MR) is 75.1 cm³/mol. The van der Waals surface area contributed by atoms with Crippen LogP contribution in [0.5, 0.6) is 11.5 Å². The van der Waals surface area contributed by atoms with Crippen molar-refractivity contribution in [2.75, 3.05) is 27.3 Å². The lowest BCUT2D eigenvalue weighted by Crippen LogP contribution is -2.09. The van der Waals surface area contributed by atoms with Gasteiger partial charge in [0.1, 0.15) is 0 Å². The summed E-state index contributed by atoms with van der Waals surface area (Å²) in [5.74, 6) is 2.01. The van der Waals surface area contributed by atoms with Gasteiger partial charge in [-0.1, -0.05) is 0 Å². The van der Waals surface area contributed by atoms with E-state index in [1.54, 1.807) is 14.2 Å². The summed E-state index contributed by atoms with van der Waals surface area (Å²) in [6, 6.07) is 6.07. The maximum absolute atomic E-state index is 5.39. The Bertz CT molecular complexity index is 592. The largest absolute Gasteiger partial charge is 0.493 e. The summed E-state index contributed by atoms with van der Waals surface area (Å²) in [6.45, 7) is 2.07. The molecule has 2 heterocycles. The Morgan fingerprint density at radius 1 is 1.21 bits per heavy atom. The number of hydrogen-bond donors (Lipinski definition) is 1. The second-order valence-electron chi connectivity index (χ2n) is 4.81. The first-order valence-electron chi connectivity index (χ1n) is 6.55. The SMILES string of the molecule is COc1cc2ccnc(C3CCNC3)c2cc1OC. The Morgan fingerprint density at radius 2 is 2.00 bits per heavy atom. The Labute approximate surface area is 112 Å². The van der Waals surface area contributed by atoms with Gasteiger partial charge in [0.05, 0.1) is 19.9 Å². The zero-order valence-corrected chi connectivity index (χ0v) is 11.3. The van der Waals surface area contributed by atoms with Crippen molar-refractivity contribution in [1.82, 2.24) is 10.3 Å². The highest BCUT2D eigenvalue weighted by Gasteiger charge is 2.21. The Kier molecular flexibility index (Phi) is 3.25. The molecule has 0 aliphatic carbocycles. The first-order chi connectivity index (χ1) is 9.33. The van der Waals surface area contributed by atoms with Gasteiger partial charge in [-0.2, -0.15) is 0 Å². The van der Waals surface area contributed by atoms with E-state index in [0.717, 1.165) is 47.5 Å². The van der Waals surface area contributed by atoms with Gasteiger partial charge in [0, 0.05) is 24.0 Å². The van der Waals surface area contributed by atoms with Crippen LogP contribution in [0.3, 0.4) is 0 Å². The third kappa shape index (κ3) is 2.12. The van der Waals surface area contributed by atoms with Gasteiger partial charge >= 0.3 is 0 Å². The van der Waals surface area contributed by atoms with Gasteiger partial charge in [-0.05, 0) is 36.6 Å². The highest BCUT2D eigenvalue weighted by Crippen LogP contribution is 2.35. The molecule has 1 N–H and O–H groups in total. The van der Waals surface area contributed by atoms with Crippen LogP contribution in [0.15, 0.2) is 24.4 Å². The monoisotopic (exact) mass is 258 g/mol.